The first-order chi connectivity index (χ1) is 11.1. The minimum Gasteiger partial charge on any atom is -0.330 e. The zero-order chi connectivity index (χ0) is 16.7. The van der Waals surface area contributed by atoms with Crippen molar-refractivity contribution in [2.75, 3.05) is 6.26 Å². The van der Waals surface area contributed by atoms with Crippen LogP contribution in [0.15, 0.2) is 17.6 Å². The molecule has 0 aliphatic carbocycles. The summed E-state index contributed by atoms with van der Waals surface area (Å²) >= 11 is 1.45. The lowest BCUT2D eigenvalue weighted by Crippen LogP contribution is -2.31. The van der Waals surface area contributed by atoms with Gasteiger partial charge in [0.25, 0.3) is 11.8 Å². The molecule has 2 rings (SSSR count). The number of carbonyl (C=O) groups is 3. The number of aromatic nitrogens is 2. The second-order valence-electron chi connectivity index (χ2n) is 4.66. The molecule has 1 aromatic heterocycles. The van der Waals surface area contributed by atoms with Crippen molar-refractivity contribution in [3.05, 3.63) is 18.0 Å². The molecule has 0 aromatic carbocycles. The molecule has 120 valence electrons. The Morgan fingerprint density at radius 2 is 1.96 bits per heavy atom. The van der Waals surface area contributed by atoms with Crippen molar-refractivity contribution >= 4 is 29.5 Å². The van der Waals surface area contributed by atoms with E-state index >= 15 is 0 Å². The zero-order valence-electron chi connectivity index (χ0n) is 12.6. The smallest absolute Gasteiger partial charge is 0.330 e. The van der Waals surface area contributed by atoms with Crippen LogP contribution >= 0.6 is 11.8 Å². The van der Waals surface area contributed by atoms with E-state index in [-0.39, 0.29) is 19.3 Å². The Hall–Kier alpha value is -2.40. The third-order valence-electron chi connectivity index (χ3n) is 2.92. The highest BCUT2D eigenvalue weighted by molar-refractivity contribution is 7.98. The molecule has 23 heavy (non-hydrogen) atoms. The average molecular weight is 333 g/mol. The fourth-order valence-electron chi connectivity index (χ4n) is 1.78. The number of hydrogen-bond acceptors (Lipinski definition) is 7. The highest BCUT2D eigenvalue weighted by atomic mass is 32.2. The van der Waals surface area contributed by atoms with Crippen LogP contribution in [0.1, 0.15) is 37.7 Å². The predicted octanol–water partition coefficient (Wildman–Crippen LogP) is 1.33. The maximum atomic E-state index is 11.6. The predicted molar refractivity (Wildman–Crippen MR) is 81.7 cm³/mol. The standard InChI is InChI=1S/C15H15N3O4S/c1-23-15-16-9-11(10-17-15)5-3-2-4-6-14(21)22-18-12(19)7-8-13(18)20/h9-10H,2,4,6-8H2,1H3. The van der Waals surface area contributed by atoms with Gasteiger partial charge in [0, 0.05) is 38.1 Å². The van der Waals surface area contributed by atoms with E-state index in [9.17, 15) is 14.4 Å². The van der Waals surface area contributed by atoms with Crippen molar-refractivity contribution in [2.45, 2.75) is 37.3 Å². The summed E-state index contributed by atoms with van der Waals surface area (Å²) in [5.74, 6) is 4.26. The molecule has 1 saturated heterocycles. The first kappa shape index (κ1) is 17.0. The molecular formula is C15H15N3O4S. The largest absolute Gasteiger partial charge is 0.333 e. The van der Waals surface area contributed by atoms with Gasteiger partial charge < -0.3 is 4.84 Å². The monoisotopic (exact) mass is 333 g/mol. The first-order valence-electron chi connectivity index (χ1n) is 7.01. The Labute approximate surface area is 137 Å². The molecule has 0 saturated carbocycles. The summed E-state index contributed by atoms with van der Waals surface area (Å²) in [5.41, 5.74) is 0.707. The second kappa shape index (κ2) is 8.29. The van der Waals surface area contributed by atoms with Gasteiger partial charge in [0.1, 0.15) is 0 Å². The number of imide groups is 1. The molecule has 0 atom stereocenters. The van der Waals surface area contributed by atoms with Crippen LogP contribution in [0, 0.1) is 11.8 Å². The molecule has 0 bridgehead atoms. The van der Waals surface area contributed by atoms with E-state index in [2.05, 4.69) is 21.8 Å². The van der Waals surface area contributed by atoms with Crippen LogP contribution in [0.2, 0.25) is 0 Å². The Morgan fingerprint density at radius 1 is 1.30 bits per heavy atom. The Balaban J connectivity index is 1.70. The maximum Gasteiger partial charge on any atom is 0.333 e. The lowest BCUT2D eigenvalue weighted by atomic mass is 10.2. The molecule has 8 heteroatoms. The third-order valence-corrected chi connectivity index (χ3v) is 3.50. The number of thioether (sulfide) groups is 1. The highest BCUT2D eigenvalue weighted by Crippen LogP contribution is 2.13. The summed E-state index contributed by atoms with van der Waals surface area (Å²) in [7, 11) is 0. The van der Waals surface area contributed by atoms with Gasteiger partial charge in [-0.15, -0.1) is 5.06 Å². The molecule has 0 radical (unpaired) electrons. The van der Waals surface area contributed by atoms with Crippen molar-refractivity contribution < 1.29 is 19.2 Å². The van der Waals surface area contributed by atoms with Gasteiger partial charge in [0.15, 0.2) is 5.16 Å². The Kier molecular flexibility index (Phi) is 6.11. The normalized spacial score (nSPS) is 13.7. The molecule has 2 amide bonds. The minimum absolute atomic E-state index is 0.0909. The van der Waals surface area contributed by atoms with Gasteiger partial charge in [0.05, 0.1) is 5.56 Å². The second-order valence-corrected chi connectivity index (χ2v) is 5.43. The molecule has 0 N–H and O–H groups in total. The van der Waals surface area contributed by atoms with E-state index in [1.165, 1.54) is 11.8 Å². The van der Waals surface area contributed by atoms with E-state index in [0.717, 1.165) is 0 Å². The maximum absolute atomic E-state index is 11.6. The topological polar surface area (TPSA) is 89.5 Å². The number of carbonyl (C=O) groups excluding carboxylic acids is 3. The summed E-state index contributed by atoms with van der Waals surface area (Å²) < 4.78 is 0. The minimum atomic E-state index is -0.608. The molecule has 1 aromatic rings. The lowest BCUT2D eigenvalue weighted by Gasteiger charge is -2.11. The third kappa shape index (κ3) is 5.07. The van der Waals surface area contributed by atoms with Crippen LogP contribution in [0.25, 0.3) is 0 Å². The molecule has 1 fully saturated rings. The summed E-state index contributed by atoms with van der Waals surface area (Å²) in [6, 6.07) is 0. The Morgan fingerprint density at radius 3 is 2.57 bits per heavy atom. The fraction of sp³-hybridized carbons (Fsp3) is 0.400. The summed E-state index contributed by atoms with van der Waals surface area (Å²) in [6.07, 6.45) is 6.42. The quantitative estimate of drug-likeness (QED) is 0.264. The van der Waals surface area contributed by atoms with E-state index in [1.807, 2.05) is 6.26 Å². The molecule has 1 aliphatic heterocycles. The van der Waals surface area contributed by atoms with Gasteiger partial charge in [-0.3, -0.25) is 9.59 Å². The summed E-state index contributed by atoms with van der Waals surface area (Å²) in [5, 5.41) is 1.24. The molecule has 0 unspecified atom stereocenters. The van der Waals surface area contributed by atoms with Crippen LogP contribution in [0.5, 0.6) is 0 Å². The number of amides is 2. The Bertz CT molecular complexity index is 648. The number of hydroxylamine groups is 2. The number of unbranched alkanes of at least 4 members (excludes halogenated alkanes) is 1. The van der Waals surface area contributed by atoms with Gasteiger partial charge in [-0.1, -0.05) is 23.6 Å². The molecule has 7 nitrogen and oxygen atoms in total. The van der Waals surface area contributed by atoms with E-state index in [0.29, 0.717) is 28.6 Å². The van der Waals surface area contributed by atoms with Gasteiger partial charge >= 0.3 is 5.97 Å². The van der Waals surface area contributed by atoms with Gasteiger partial charge in [-0.05, 0) is 12.7 Å². The van der Waals surface area contributed by atoms with Crippen molar-refractivity contribution in [3.8, 4) is 11.8 Å². The zero-order valence-corrected chi connectivity index (χ0v) is 13.4. The molecule has 1 aliphatic rings. The molecular weight excluding hydrogens is 318 g/mol. The lowest BCUT2D eigenvalue weighted by molar-refractivity contribution is -0.197. The molecule has 2 heterocycles. The summed E-state index contributed by atoms with van der Waals surface area (Å²) in [6.45, 7) is 0. The van der Waals surface area contributed by atoms with Crippen LogP contribution in [0.3, 0.4) is 0 Å². The number of rotatable bonds is 5. The van der Waals surface area contributed by atoms with Crippen LogP contribution < -0.4 is 0 Å². The first-order valence-corrected chi connectivity index (χ1v) is 8.24. The number of hydrogen-bond donors (Lipinski definition) is 0. The summed E-state index contributed by atoms with van der Waals surface area (Å²) in [4.78, 5) is 47.1. The van der Waals surface area contributed by atoms with Crippen molar-refractivity contribution in [1.82, 2.24) is 15.0 Å². The molecule has 0 spiro atoms. The fourth-order valence-corrected chi connectivity index (χ4v) is 2.09. The van der Waals surface area contributed by atoms with Gasteiger partial charge in [0.2, 0.25) is 0 Å². The number of nitrogens with zero attached hydrogens (tertiary/aromatic N) is 3. The van der Waals surface area contributed by atoms with Crippen molar-refractivity contribution in [2.24, 2.45) is 0 Å². The van der Waals surface area contributed by atoms with Crippen LogP contribution in [-0.4, -0.2) is 39.1 Å². The van der Waals surface area contributed by atoms with Crippen LogP contribution in [0.4, 0.5) is 0 Å². The SMILES string of the molecule is CSc1ncc(C#CCCCC(=O)ON2C(=O)CCC2=O)cn1. The van der Waals surface area contributed by atoms with E-state index < -0.39 is 17.8 Å². The van der Waals surface area contributed by atoms with E-state index in [1.54, 1.807) is 12.4 Å². The average Bonchev–Trinajstić information content (AvgIpc) is 2.87. The van der Waals surface area contributed by atoms with Crippen molar-refractivity contribution in [3.63, 3.8) is 0 Å². The van der Waals surface area contributed by atoms with Crippen LogP contribution in [-0.2, 0) is 19.2 Å². The van der Waals surface area contributed by atoms with Crippen molar-refractivity contribution in [1.29, 1.82) is 0 Å². The highest BCUT2D eigenvalue weighted by Gasteiger charge is 2.32. The van der Waals surface area contributed by atoms with Gasteiger partial charge in [-0.25, -0.2) is 14.8 Å². The van der Waals surface area contributed by atoms with Gasteiger partial charge in [-0.2, -0.15) is 0 Å². The van der Waals surface area contributed by atoms with E-state index in [4.69, 9.17) is 4.84 Å².